The number of carboxylic acid groups (broad SMARTS) is 1. The van der Waals surface area contributed by atoms with Gasteiger partial charge in [0.05, 0.1) is 0 Å². The van der Waals surface area contributed by atoms with Gasteiger partial charge in [0.15, 0.2) is 6.10 Å². The molecule has 0 saturated heterocycles. The van der Waals surface area contributed by atoms with Crippen LogP contribution in [0, 0.1) is 0 Å². The van der Waals surface area contributed by atoms with Crippen molar-refractivity contribution in [2.24, 2.45) is 0 Å². The van der Waals surface area contributed by atoms with E-state index in [0.717, 1.165) is 12.8 Å². The zero-order valence-corrected chi connectivity index (χ0v) is 11.9. The fourth-order valence-electron chi connectivity index (χ4n) is 1.76. The van der Waals surface area contributed by atoms with E-state index in [1.807, 2.05) is 6.92 Å². The van der Waals surface area contributed by atoms with Gasteiger partial charge in [0, 0.05) is 12.5 Å². The molecule has 1 rings (SSSR count). The number of aryl methyl sites for hydroxylation is 1. The summed E-state index contributed by atoms with van der Waals surface area (Å²) >= 11 is 0. The molecule has 0 spiro atoms. The van der Waals surface area contributed by atoms with E-state index >= 15 is 0 Å². The van der Waals surface area contributed by atoms with Gasteiger partial charge in [-0.05, 0) is 24.5 Å². The lowest BCUT2D eigenvalue weighted by atomic mass is 10.1. The smallest absolute Gasteiger partial charge is 0.340 e. The highest BCUT2D eigenvalue weighted by atomic mass is 16.5. The van der Waals surface area contributed by atoms with E-state index in [-0.39, 0.29) is 24.3 Å². The summed E-state index contributed by atoms with van der Waals surface area (Å²) in [5, 5.41) is 27.9. The standard InChI is InChI=1S/C15H20O6/c1-2-3-4-12(16)15(20)21-11-7-5-10(13(17)9-11)6-8-14(18)19/h5,7,9,12,16-17H,2-4,6,8H2,1H3,(H,18,19). The van der Waals surface area contributed by atoms with Crippen molar-refractivity contribution in [1.29, 1.82) is 0 Å². The maximum Gasteiger partial charge on any atom is 0.340 e. The Balaban J connectivity index is 2.62. The van der Waals surface area contributed by atoms with Crippen molar-refractivity contribution < 1.29 is 29.6 Å². The van der Waals surface area contributed by atoms with Crippen LogP contribution in [-0.2, 0) is 16.0 Å². The minimum atomic E-state index is -1.18. The van der Waals surface area contributed by atoms with Gasteiger partial charge in [-0.2, -0.15) is 0 Å². The van der Waals surface area contributed by atoms with Gasteiger partial charge in [-0.1, -0.05) is 25.8 Å². The van der Waals surface area contributed by atoms with E-state index in [1.54, 1.807) is 0 Å². The number of phenolic OH excluding ortho intramolecular Hbond substituents is 1. The molecule has 1 atom stereocenters. The van der Waals surface area contributed by atoms with Crippen LogP contribution >= 0.6 is 0 Å². The molecule has 0 radical (unpaired) electrons. The molecule has 0 fully saturated rings. The molecule has 1 aromatic rings. The number of aliphatic hydroxyl groups excluding tert-OH is 1. The first-order valence-electron chi connectivity index (χ1n) is 6.87. The van der Waals surface area contributed by atoms with Crippen LogP contribution in [0.3, 0.4) is 0 Å². The Hall–Kier alpha value is -2.08. The first-order valence-corrected chi connectivity index (χ1v) is 6.87. The van der Waals surface area contributed by atoms with Gasteiger partial charge < -0.3 is 20.1 Å². The predicted octanol–water partition coefficient (Wildman–Crippen LogP) is 1.87. The summed E-state index contributed by atoms with van der Waals surface area (Å²) in [5.74, 6) is -1.73. The van der Waals surface area contributed by atoms with Crippen LogP contribution in [0.1, 0.15) is 38.2 Å². The quantitative estimate of drug-likeness (QED) is 0.499. The molecule has 0 heterocycles. The number of benzene rings is 1. The van der Waals surface area contributed by atoms with Crippen LogP contribution < -0.4 is 4.74 Å². The van der Waals surface area contributed by atoms with Gasteiger partial charge in [0.2, 0.25) is 0 Å². The van der Waals surface area contributed by atoms with Crippen molar-refractivity contribution in [3.8, 4) is 11.5 Å². The molecule has 0 bridgehead atoms. The molecule has 116 valence electrons. The average Bonchev–Trinajstić information content (AvgIpc) is 2.43. The monoisotopic (exact) mass is 296 g/mol. The summed E-state index contributed by atoms with van der Waals surface area (Å²) in [6.45, 7) is 1.95. The summed E-state index contributed by atoms with van der Waals surface area (Å²) in [5.41, 5.74) is 0.462. The number of esters is 1. The molecule has 6 nitrogen and oxygen atoms in total. The molecule has 0 aliphatic heterocycles. The van der Waals surface area contributed by atoms with Crippen molar-refractivity contribution in [1.82, 2.24) is 0 Å². The van der Waals surface area contributed by atoms with E-state index in [2.05, 4.69) is 0 Å². The second kappa shape index (κ2) is 8.26. The molecule has 0 aliphatic rings. The molecule has 0 amide bonds. The number of unbranched alkanes of at least 4 members (excludes halogenated alkanes) is 1. The number of hydrogen-bond acceptors (Lipinski definition) is 5. The van der Waals surface area contributed by atoms with Crippen molar-refractivity contribution in [3.05, 3.63) is 23.8 Å². The Labute approximate surface area is 123 Å². The molecule has 1 unspecified atom stereocenters. The normalized spacial score (nSPS) is 11.9. The minimum absolute atomic E-state index is 0.0948. The van der Waals surface area contributed by atoms with Crippen LogP contribution in [0.4, 0.5) is 0 Å². The van der Waals surface area contributed by atoms with Crippen molar-refractivity contribution in [3.63, 3.8) is 0 Å². The van der Waals surface area contributed by atoms with Crippen molar-refractivity contribution in [2.75, 3.05) is 0 Å². The maximum atomic E-state index is 11.6. The summed E-state index contributed by atoms with van der Waals surface area (Å²) < 4.78 is 4.97. The number of rotatable bonds is 8. The highest BCUT2D eigenvalue weighted by molar-refractivity contribution is 5.77. The van der Waals surface area contributed by atoms with E-state index < -0.39 is 18.0 Å². The molecule has 21 heavy (non-hydrogen) atoms. The van der Waals surface area contributed by atoms with Gasteiger partial charge in [-0.15, -0.1) is 0 Å². The zero-order chi connectivity index (χ0) is 15.8. The third-order valence-corrected chi connectivity index (χ3v) is 2.99. The van der Waals surface area contributed by atoms with E-state index in [9.17, 15) is 19.8 Å². The van der Waals surface area contributed by atoms with Crippen LogP contribution in [0.25, 0.3) is 0 Å². The summed E-state index contributed by atoms with van der Waals surface area (Å²) in [6.07, 6.45) is 0.826. The number of hydrogen-bond donors (Lipinski definition) is 3. The van der Waals surface area contributed by atoms with Crippen LogP contribution in [0.15, 0.2) is 18.2 Å². The zero-order valence-electron chi connectivity index (χ0n) is 11.9. The Morgan fingerprint density at radius 3 is 2.62 bits per heavy atom. The van der Waals surface area contributed by atoms with Crippen LogP contribution in [-0.4, -0.2) is 33.4 Å². The van der Waals surface area contributed by atoms with Gasteiger partial charge in [-0.3, -0.25) is 4.79 Å². The van der Waals surface area contributed by atoms with Crippen molar-refractivity contribution >= 4 is 11.9 Å². The lowest BCUT2D eigenvalue weighted by Crippen LogP contribution is -2.25. The van der Waals surface area contributed by atoms with E-state index in [1.165, 1.54) is 18.2 Å². The number of phenols is 1. The van der Waals surface area contributed by atoms with Crippen molar-refractivity contribution in [2.45, 2.75) is 45.1 Å². The molecular formula is C15H20O6. The third kappa shape index (κ3) is 5.83. The number of aliphatic hydroxyl groups is 1. The van der Waals surface area contributed by atoms with E-state index in [0.29, 0.717) is 12.0 Å². The number of carbonyl (C=O) groups is 2. The topological polar surface area (TPSA) is 104 Å². The Kier molecular flexibility index (Phi) is 6.68. The molecule has 0 aromatic heterocycles. The average molecular weight is 296 g/mol. The van der Waals surface area contributed by atoms with Crippen LogP contribution in [0.5, 0.6) is 11.5 Å². The summed E-state index contributed by atoms with van der Waals surface area (Å²) in [4.78, 5) is 22.1. The molecule has 0 saturated carbocycles. The van der Waals surface area contributed by atoms with Gasteiger partial charge in [0.1, 0.15) is 11.5 Å². The molecule has 3 N–H and O–H groups in total. The van der Waals surface area contributed by atoms with Gasteiger partial charge >= 0.3 is 11.9 Å². The molecule has 0 aliphatic carbocycles. The SMILES string of the molecule is CCCCC(O)C(=O)Oc1ccc(CCC(=O)O)c(O)c1. The largest absolute Gasteiger partial charge is 0.508 e. The minimum Gasteiger partial charge on any atom is -0.508 e. The Morgan fingerprint density at radius 1 is 1.33 bits per heavy atom. The third-order valence-electron chi connectivity index (χ3n) is 2.99. The number of carbonyl (C=O) groups excluding carboxylic acids is 1. The Bertz CT molecular complexity index is 497. The fraction of sp³-hybridized carbons (Fsp3) is 0.467. The Morgan fingerprint density at radius 2 is 2.05 bits per heavy atom. The summed E-state index contributed by atoms with van der Waals surface area (Å²) in [7, 11) is 0. The molecule has 6 heteroatoms. The molecule has 1 aromatic carbocycles. The second-order valence-corrected chi connectivity index (χ2v) is 4.76. The number of aliphatic carboxylic acids is 1. The fourth-order valence-corrected chi connectivity index (χ4v) is 1.76. The second-order valence-electron chi connectivity index (χ2n) is 4.76. The van der Waals surface area contributed by atoms with Gasteiger partial charge in [-0.25, -0.2) is 4.79 Å². The summed E-state index contributed by atoms with van der Waals surface area (Å²) in [6, 6.07) is 4.20. The lowest BCUT2D eigenvalue weighted by Gasteiger charge is -2.11. The predicted molar refractivity (Wildman–Crippen MR) is 75.2 cm³/mol. The first kappa shape index (κ1) is 17.0. The maximum absolute atomic E-state index is 11.6. The van der Waals surface area contributed by atoms with Gasteiger partial charge in [0.25, 0.3) is 0 Å². The highest BCUT2D eigenvalue weighted by Gasteiger charge is 2.17. The number of carboxylic acids is 1. The lowest BCUT2D eigenvalue weighted by molar-refractivity contribution is -0.144. The van der Waals surface area contributed by atoms with E-state index in [4.69, 9.17) is 9.84 Å². The number of ether oxygens (including phenoxy) is 1. The number of aromatic hydroxyl groups is 1. The van der Waals surface area contributed by atoms with Crippen LogP contribution in [0.2, 0.25) is 0 Å². The first-order chi connectivity index (χ1) is 9.93. The molecular weight excluding hydrogens is 276 g/mol. The highest BCUT2D eigenvalue weighted by Crippen LogP contribution is 2.25.